The smallest absolute Gasteiger partial charge is 0.235 e. The van der Waals surface area contributed by atoms with Crippen LogP contribution in [0.15, 0.2) is 11.1 Å². The Morgan fingerprint density at radius 1 is 1.60 bits per heavy atom. The zero-order valence-corrected chi connectivity index (χ0v) is 8.18. The fraction of sp³-hybridized carbons (Fsp3) is 0.222. The van der Waals surface area contributed by atoms with E-state index in [1.54, 1.807) is 0 Å². The molecular weight excluding hydrogens is 225 g/mol. The van der Waals surface area contributed by atoms with E-state index in [0.717, 1.165) is 0 Å². The number of fused-ring (bicyclic) bond motifs is 1. The monoisotopic (exact) mass is 229 g/mol. The van der Waals surface area contributed by atoms with E-state index in [4.69, 9.17) is 21.1 Å². The van der Waals surface area contributed by atoms with Gasteiger partial charge in [0, 0.05) is 5.56 Å². The standard InChI is InChI=1S/C9H5ClFNO3/c10-7-8(11)5(2-12-3-13)1-6-9(7)15-4-14-6/h1H,2,4H2. The van der Waals surface area contributed by atoms with Gasteiger partial charge in [-0.3, -0.25) is 0 Å². The average Bonchev–Trinajstić information content (AvgIpc) is 2.69. The van der Waals surface area contributed by atoms with Gasteiger partial charge in [0.25, 0.3) is 0 Å². The van der Waals surface area contributed by atoms with E-state index >= 15 is 0 Å². The van der Waals surface area contributed by atoms with Crippen molar-refractivity contribution in [2.45, 2.75) is 6.54 Å². The molecule has 0 unspecified atom stereocenters. The molecule has 1 aromatic rings. The molecule has 0 bridgehead atoms. The summed E-state index contributed by atoms with van der Waals surface area (Å²) >= 11 is 5.70. The summed E-state index contributed by atoms with van der Waals surface area (Å²) in [6.07, 6.45) is 1.32. The summed E-state index contributed by atoms with van der Waals surface area (Å²) in [6.45, 7) is -0.111. The lowest BCUT2D eigenvalue weighted by molar-refractivity contribution is 0.174. The third-order valence-electron chi connectivity index (χ3n) is 1.93. The molecule has 0 atom stereocenters. The van der Waals surface area contributed by atoms with Crippen LogP contribution in [0.5, 0.6) is 11.5 Å². The van der Waals surface area contributed by atoms with Gasteiger partial charge in [0.05, 0.1) is 6.54 Å². The molecule has 4 nitrogen and oxygen atoms in total. The Morgan fingerprint density at radius 3 is 3.13 bits per heavy atom. The summed E-state index contributed by atoms with van der Waals surface area (Å²) < 4.78 is 23.5. The van der Waals surface area contributed by atoms with Crippen LogP contribution in [0.2, 0.25) is 5.02 Å². The molecule has 2 rings (SSSR count). The molecule has 0 fully saturated rings. The number of benzene rings is 1. The van der Waals surface area contributed by atoms with Crippen molar-refractivity contribution in [3.8, 4) is 11.5 Å². The number of ether oxygens (including phenoxy) is 2. The number of carbonyl (C=O) groups excluding carboxylic acids is 1. The Morgan fingerprint density at radius 2 is 2.40 bits per heavy atom. The van der Waals surface area contributed by atoms with Crippen molar-refractivity contribution < 1.29 is 18.7 Å². The molecular formula is C9H5ClFNO3. The van der Waals surface area contributed by atoms with Gasteiger partial charge in [0.1, 0.15) is 5.02 Å². The first-order chi connectivity index (χ1) is 7.24. The van der Waals surface area contributed by atoms with Crippen LogP contribution in [-0.2, 0) is 11.3 Å². The van der Waals surface area contributed by atoms with E-state index in [0.29, 0.717) is 5.75 Å². The second kappa shape index (κ2) is 3.88. The van der Waals surface area contributed by atoms with Gasteiger partial charge in [-0.25, -0.2) is 14.2 Å². The highest BCUT2D eigenvalue weighted by Gasteiger charge is 2.23. The predicted octanol–water partition coefficient (Wildman–Crippen LogP) is 2.04. The molecule has 1 heterocycles. The lowest BCUT2D eigenvalue weighted by Crippen LogP contribution is -1.93. The van der Waals surface area contributed by atoms with Crippen LogP contribution in [0.4, 0.5) is 4.39 Å². The molecule has 0 radical (unpaired) electrons. The van der Waals surface area contributed by atoms with E-state index in [-0.39, 0.29) is 29.7 Å². The molecule has 0 N–H and O–H groups in total. The zero-order chi connectivity index (χ0) is 10.8. The van der Waals surface area contributed by atoms with Crippen molar-refractivity contribution in [3.05, 3.63) is 22.5 Å². The van der Waals surface area contributed by atoms with Gasteiger partial charge in [-0.05, 0) is 6.07 Å². The third kappa shape index (κ3) is 1.67. The fourth-order valence-electron chi connectivity index (χ4n) is 1.26. The van der Waals surface area contributed by atoms with Crippen LogP contribution in [-0.4, -0.2) is 12.9 Å². The van der Waals surface area contributed by atoms with E-state index < -0.39 is 5.82 Å². The minimum Gasteiger partial charge on any atom is -0.454 e. The summed E-state index contributed by atoms with van der Waals surface area (Å²) in [7, 11) is 0. The molecule has 0 spiro atoms. The van der Waals surface area contributed by atoms with Crippen LogP contribution in [0, 0.1) is 5.82 Å². The third-order valence-corrected chi connectivity index (χ3v) is 2.27. The number of rotatable bonds is 2. The highest BCUT2D eigenvalue weighted by molar-refractivity contribution is 6.32. The first-order valence-electron chi connectivity index (χ1n) is 4.04. The number of aliphatic imine (C=N–C) groups is 1. The summed E-state index contributed by atoms with van der Waals surface area (Å²) in [4.78, 5) is 13.2. The first kappa shape index (κ1) is 9.96. The molecule has 0 saturated carbocycles. The lowest BCUT2D eigenvalue weighted by atomic mass is 10.2. The van der Waals surface area contributed by atoms with Gasteiger partial charge in [-0.15, -0.1) is 0 Å². The van der Waals surface area contributed by atoms with Gasteiger partial charge in [-0.1, -0.05) is 11.6 Å². The molecule has 15 heavy (non-hydrogen) atoms. The minimum atomic E-state index is -0.653. The number of isocyanates is 1. The largest absolute Gasteiger partial charge is 0.454 e. The van der Waals surface area contributed by atoms with E-state index in [2.05, 4.69) is 4.99 Å². The Kier molecular flexibility index (Phi) is 2.58. The maximum atomic E-state index is 13.5. The van der Waals surface area contributed by atoms with Crippen molar-refractivity contribution in [2.75, 3.05) is 6.79 Å². The van der Waals surface area contributed by atoms with Crippen LogP contribution in [0.3, 0.4) is 0 Å². The molecule has 0 aliphatic carbocycles. The molecule has 1 aromatic carbocycles. The highest BCUT2D eigenvalue weighted by atomic mass is 35.5. The van der Waals surface area contributed by atoms with Gasteiger partial charge < -0.3 is 9.47 Å². The van der Waals surface area contributed by atoms with E-state index in [1.807, 2.05) is 0 Å². The normalized spacial score (nSPS) is 12.4. The van der Waals surface area contributed by atoms with Gasteiger partial charge in [-0.2, -0.15) is 0 Å². The van der Waals surface area contributed by atoms with E-state index in [9.17, 15) is 9.18 Å². The van der Waals surface area contributed by atoms with Gasteiger partial charge in [0.15, 0.2) is 17.3 Å². The fourth-order valence-corrected chi connectivity index (χ4v) is 1.53. The number of hydrogen-bond donors (Lipinski definition) is 0. The molecule has 0 aromatic heterocycles. The Balaban J connectivity index is 2.48. The molecule has 0 saturated heterocycles. The summed E-state index contributed by atoms with van der Waals surface area (Å²) in [5.41, 5.74) is 0.174. The summed E-state index contributed by atoms with van der Waals surface area (Å²) in [5, 5.41) is -0.152. The SMILES string of the molecule is O=C=NCc1cc2c(c(Cl)c1F)OCO2. The van der Waals surface area contributed by atoms with E-state index in [1.165, 1.54) is 12.1 Å². The van der Waals surface area contributed by atoms with Crippen molar-refractivity contribution in [3.63, 3.8) is 0 Å². The van der Waals surface area contributed by atoms with Crippen LogP contribution >= 0.6 is 11.6 Å². The maximum absolute atomic E-state index is 13.5. The van der Waals surface area contributed by atoms with Crippen molar-refractivity contribution >= 4 is 17.7 Å². The highest BCUT2D eigenvalue weighted by Crippen LogP contribution is 2.42. The maximum Gasteiger partial charge on any atom is 0.235 e. The second-order valence-electron chi connectivity index (χ2n) is 2.80. The quantitative estimate of drug-likeness (QED) is 0.576. The molecule has 1 aliphatic heterocycles. The molecule has 78 valence electrons. The van der Waals surface area contributed by atoms with Crippen molar-refractivity contribution in [2.24, 2.45) is 4.99 Å². The molecule has 0 amide bonds. The van der Waals surface area contributed by atoms with Crippen LogP contribution in [0.1, 0.15) is 5.56 Å². The Labute approximate surface area is 89.3 Å². The number of halogens is 2. The topological polar surface area (TPSA) is 47.9 Å². The van der Waals surface area contributed by atoms with Gasteiger partial charge >= 0.3 is 0 Å². The predicted molar refractivity (Wildman–Crippen MR) is 49.4 cm³/mol. The Hall–Kier alpha value is -1.58. The van der Waals surface area contributed by atoms with Crippen molar-refractivity contribution in [1.29, 1.82) is 0 Å². The van der Waals surface area contributed by atoms with Gasteiger partial charge in [0.2, 0.25) is 12.9 Å². The molecule has 6 heteroatoms. The molecule has 1 aliphatic rings. The summed E-state index contributed by atoms with van der Waals surface area (Å²) in [6, 6.07) is 1.41. The zero-order valence-electron chi connectivity index (χ0n) is 7.42. The second-order valence-corrected chi connectivity index (χ2v) is 3.18. The number of nitrogens with zero attached hydrogens (tertiary/aromatic N) is 1. The number of hydrogen-bond acceptors (Lipinski definition) is 4. The van der Waals surface area contributed by atoms with Crippen molar-refractivity contribution in [1.82, 2.24) is 0 Å². The minimum absolute atomic E-state index is 0.00882. The lowest BCUT2D eigenvalue weighted by Gasteiger charge is -2.04. The Bertz CT molecular complexity index is 457. The average molecular weight is 230 g/mol. The van der Waals surface area contributed by atoms with Crippen LogP contribution in [0.25, 0.3) is 0 Å². The van der Waals surface area contributed by atoms with Crippen LogP contribution < -0.4 is 9.47 Å². The first-order valence-corrected chi connectivity index (χ1v) is 4.42. The summed E-state index contributed by atoms with van der Waals surface area (Å²) in [5.74, 6) is -0.106.